The molecule has 2 aliphatic carbocycles. The van der Waals surface area contributed by atoms with Crippen LogP contribution in [0.25, 0.3) is 11.1 Å². The zero-order valence-corrected chi connectivity index (χ0v) is 18.4. The van der Waals surface area contributed by atoms with Gasteiger partial charge in [-0.05, 0) is 85.8 Å². The molecule has 2 aromatic rings. The Balaban J connectivity index is 1.77. The molecule has 7 nitrogen and oxygen atoms in total. The fourth-order valence-electron chi connectivity index (χ4n) is 4.68. The maximum Gasteiger partial charge on any atom is 0.339 e. The number of nitro groups is 1. The number of fused-ring (bicyclic) bond motifs is 1. The van der Waals surface area contributed by atoms with Crippen LogP contribution in [-0.2, 0) is 20.7 Å². The number of nitrogens with zero attached hydrogens (tertiary/aromatic N) is 1. The van der Waals surface area contributed by atoms with Gasteiger partial charge < -0.3 is 14.2 Å². The quantitative estimate of drug-likeness (QED) is 0.337. The van der Waals surface area contributed by atoms with Crippen molar-refractivity contribution < 1.29 is 23.9 Å². The van der Waals surface area contributed by atoms with Gasteiger partial charge in [0.1, 0.15) is 5.75 Å². The molecule has 0 saturated heterocycles. The molecule has 168 valence electrons. The second-order valence-electron chi connectivity index (χ2n) is 8.96. The average Bonchev–Trinajstić information content (AvgIpc) is 3.71. The van der Waals surface area contributed by atoms with Crippen LogP contribution in [0, 0.1) is 17.0 Å². The Hall–Kier alpha value is -2.93. The van der Waals surface area contributed by atoms with Crippen LogP contribution >= 0.6 is 0 Å². The van der Waals surface area contributed by atoms with Crippen molar-refractivity contribution in [2.75, 3.05) is 13.7 Å². The van der Waals surface area contributed by atoms with E-state index in [4.69, 9.17) is 14.2 Å². The molecule has 2 aromatic carbocycles. The molecular weight excluding hydrogens is 410 g/mol. The van der Waals surface area contributed by atoms with Gasteiger partial charge in [-0.15, -0.1) is 0 Å². The summed E-state index contributed by atoms with van der Waals surface area (Å²) in [4.78, 5) is 24.6. The van der Waals surface area contributed by atoms with Gasteiger partial charge in [-0.25, -0.2) is 4.79 Å². The third-order valence-electron chi connectivity index (χ3n) is 6.50. The normalized spacial score (nSPS) is 18.4. The topological polar surface area (TPSA) is 87.9 Å². The lowest BCUT2D eigenvalue weighted by molar-refractivity contribution is -0.385. The molecule has 0 amide bonds. The van der Waals surface area contributed by atoms with Crippen LogP contribution in [0.1, 0.15) is 66.4 Å². The molecule has 0 spiro atoms. The first kappa shape index (κ1) is 20.9. The van der Waals surface area contributed by atoms with Crippen LogP contribution in [0.4, 0.5) is 5.69 Å². The Morgan fingerprint density at radius 1 is 1.22 bits per heavy atom. The summed E-state index contributed by atoms with van der Waals surface area (Å²) >= 11 is 0. The highest BCUT2D eigenvalue weighted by Crippen LogP contribution is 2.52. The van der Waals surface area contributed by atoms with Crippen molar-refractivity contribution in [2.24, 2.45) is 0 Å². The number of nitro benzene ring substituents is 1. The number of ether oxygens (including phenoxy) is 3. The van der Waals surface area contributed by atoms with Gasteiger partial charge in [0, 0.05) is 17.2 Å². The minimum atomic E-state index is -0.909. The van der Waals surface area contributed by atoms with Crippen molar-refractivity contribution in [3.05, 3.63) is 56.6 Å². The van der Waals surface area contributed by atoms with Crippen LogP contribution in [0.2, 0.25) is 0 Å². The van der Waals surface area contributed by atoms with Gasteiger partial charge in [0.25, 0.3) is 5.69 Å². The first-order chi connectivity index (χ1) is 15.5. The second-order valence-corrected chi connectivity index (χ2v) is 8.96. The van der Waals surface area contributed by atoms with E-state index in [1.54, 1.807) is 6.07 Å². The molecule has 0 bridgehead atoms. The smallest absolute Gasteiger partial charge is 0.339 e. The van der Waals surface area contributed by atoms with Crippen LogP contribution < -0.4 is 4.74 Å². The summed E-state index contributed by atoms with van der Waals surface area (Å²) in [5.74, 6) is 0.491. The Morgan fingerprint density at radius 2 is 2.00 bits per heavy atom. The molecule has 2 saturated carbocycles. The zero-order chi connectivity index (χ0) is 22.4. The maximum absolute atomic E-state index is 12.9. The Morgan fingerprint density at radius 3 is 2.66 bits per heavy atom. The van der Waals surface area contributed by atoms with E-state index >= 15 is 0 Å². The van der Waals surface area contributed by atoms with Crippen molar-refractivity contribution >= 4 is 11.7 Å². The summed E-state index contributed by atoms with van der Waals surface area (Å²) < 4.78 is 17.0. The van der Waals surface area contributed by atoms with Crippen LogP contribution in [0.15, 0.2) is 24.3 Å². The number of aryl methyl sites for hydroxylation is 2. The molecule has 0 aromatic heterocycles. The first-order valence-electron chi connectivity index (χ1n) is 11.3. The summed E-state index contributed by atoms with van der Waals surface area (Å²) in [5.41, 5.74) is 4.89. The SMILES string of the molecule is COC(=O)C(OC1CC1)c1c(C)cc([N+](=O)[O-])c(C2CC2)c1-c1ccc2c(c1)CCCO2. The molecule has 1 atom stereocenters. The van der Waals surface area contributed by atoms with E-state index in [0.29, 0.717) is 23.3 Å². The average molecular weight is 437 g/mol. The lowest BCUT2D eigenvalue weighted by atomic mass is 9.84. The second kappa shape index (κ2) is 8.20. The van der Waals surface area contributed by atoms with Crippen LogP contribution in [0.5, 0.6) is 5.75 Å². The third-order valence-corrected chi connectivity index (χ3v) is 6.50. The molecule has 1 unspecified atom stereocenters. The maximum atomic E-state index is 12.9. The number of benzene rings is 2. The van der Waals surface area contributed by atoms with Crippen LogP contribution in [0.3, 0.4) is 0 Å². The fourth-order valence-corrected chi connectivity index (χ4v) is 4.68. The van der Waals surface area contributed by atoms with Gasteiger partial charge in [-0.1, -0.05) is 6.07 Å². The van der Waals surface area contributed by atoms with E-state index in [9.17, 15) is 14.9 Å². The lowest BCUT2D eigenvalue weighted by Crippen LogP contribution is -2.21. The fraction of sp³-hybridized carbons (Fsp3) is 0.480. The van der Waals surface area contributed by atoms with E-state index in [1.165, 1.54) is 7.11 Å². The summed E-state index contributed by atoms with van der Waals surface area (Å²) in [7, 11) is 1.35. The highest BCUT2D eigenvalue weighted by molar-refractivity contribution is 5.86. The van der Waals surface area contributed by atoms with Crippen molar-refractivity contribution in [1.82, 2.24) is 0 Å². The van der Waals surface area contributed by atoms with E-state index in [-0.39, 0.29) is 22.6 Å². The number of carbonyl (C=O) groups is 1. The number of rotatable bonds is 7. The predicted molar refractivity (Wildman–Crippen MR) is 118 cm³/mol. The molecular formula is C25H27NO6. The first-order valence-corrected chi connectivity index (χ1v) is 11.3. The standard InChI is InChI=1S/C25H27NO6/c1-14-12-19(26(28)29)22(15-5-6-15)23(17-7-10-20-16(13-17)4-3-11-31-20)21(14)24(25(27)30-2)32-18-8-9-18/h7,10,12-13,15,18,24H,3-6,8-9,11H2,1-2H3. The zero-order valence-electron chi connectivity index (χ0n) is 18.4. The van der Waals surface area contributed by atoms with Crippen molar-refractivity contribution in [3.8, 4) is 16.9 Å². The minimum Gasteiger partial charge on any atom is -0.493 e. The lowest BCUT2D eigenvalue weighted by Gasteiger charge is -2.25. The van der Waals surface area contributed by atoms with Crippen molar-refractivity contribution in [2.45, 2.75) is 63.6 Å². The van der Waals surface area contributed by atoms with Gasteiger partial charge in [0.15, 0.2) is 6.10 Å². The van der Waals surface area contributed by atoms with E-state index in [2.05, 4.69) is 6.07 Å². The van der Waals surface area contributed by atoms with Gasteiger partial charge in [0.2, 0.25) is 0 Å². The Kier molecular flexibility index (Phi) is 5.37. The Bertz CT molecular complexity index is 1090. The third kappa shape index (κ3) is 3.86. The van der Waals surface area contributed by atoms with Gasteiger partial charge in [0.05, 0.1) is 24.7 Å². The van der Waals surface area contributed by atoms with Gasteiger partial charge in [-0.3, -0.25) is 10.1 Å². The number of methoxy groups -OCH3 is 1. The number of esters is 1. The van der Waals surface area contributed by atoms with E-state index in [1.807, 2.05) is 19.1 Å². The minimum absolute atomic E-state index is 0.0165. The molecule has 1 heterocycles. The number of hydrogen-bond acceptors (Lipinski definition) is 6. The molecule has 2 fully saturated rings. The van der Waals surface area contributed by atoms with Gasteiger partial charge in [-0.2, -0.15) is 0 Å². The molecule has 1 aliphatic heterocycles. The van der Waals surface area contributed by atoms with Crippen LogP contribution in [-0.4, -0.2) is 30.7 Å². The predicted octanol–water partition coefficient (Wildman–Crippen LogP) is 5.17. The molecule has 5 rings (SSSR count). The van der Waals surface area contributed by atoms with E-state index in [0.717, 1.165) is 61.0 Å². The number of carbonyl (C=O) groups excluding carboxylic acids is 1. The van der Waals surface area contributed by atoms with Gasteiger partial charge >= 0.3 is 5.97 Å². The molecule has 3 aliphatic rings. The molecule has 32 heavy (non-hydrogen) atoms. The highest BCUT2D eigenvalue weighted by atomic mass is 16.6. The summed E-state index contributed by atoms with van der Waals surface area (Å²) in [5, 5.41) is 12.0. The molecule has 0 N–H and O–H groups in total. The van der Waals surface area contributed by atoms with Crippen molar-refractivity contribution in [1.29, 1.82) is 0 Å². The monoisotopic (exact) mass is 437 g/mol. The summed E-state index contributed by atoms with van der Waals surface area (Å²) in [6.07, 6.45) is 4.54. The highest BCUT2D eigenvalue weighted by Gasteiger charge is 2.40. The van der Waals surface area contributed by atoms with Crippen molar-refractivity contribution in [3.63, 3.8) is 0 Å². The Labute approximate surface area is 186 Å². The number of hydrogen-bond donors (Lipinski definition) is 0. The molecule has 0 radical (unpaired) electrons. The van der Waals surface area contributed by atoms with E-state index < -0.39 is 12.1 Å². The summed E-state index contributed by atoms with van der Waals surface area (Å²) in [6.45, 7) is 2.51. The summed E-state index contributed by atoms with van der Waals surface area (Å²) in [6, 6.07) is 7.55. The largest absolute Gasteiger partial charge is 0.493 e. The molecule has 7 heteroatoms.